The number of thiazole rings is 1. The molecule has 0 aliphatic rings. The molecule has 7 heteroatoms. The zero-order valence-corrected chi connectivity index (χ0v) is 11.5. The minimum Gasteiger partial charge on any atom is -0.472 e. The lowest BCUT2D eigenvalue weighted by Crippen LogP contribution is -1.89. The molecule has 3 aromatic heterocycles. The first kappa shape index (κ1) is 10.9. The van der Waals surface area contributed by atoms with Crippen molar-refractivity contribution in [2.75, 3.05) is 7.11 Å². The Bertz CT molecular complexity index is 843. The van der Waals surface area contributed by atoms with E-state index >= 15 is 0 Å². The quantitative estimate of drug-likeness (QED) is 0.569. The summed E-state index contributed by atoms with van der Waals surface area (Å²) in [4.78, 5) is 9.77. The average Bonchev–Trinajstić information content (AvgIpc) is 3.10. The molecule has 0 aliphatic heterocycles. The molecule has 0 saturated carbocycles. The molecule has 0 spiro atoms. The Morgan fingerprint density at radius 1 is 1.21 bits per heavy atom. The second kappa shape index (κ2) is 4.01. The molecule has 0 atom stereocenters. The van der Waals surface area contributed by atoms with Crippen LogP contribution in [0.25, 0.3) is 25.9 Å². The fourth-order valence-electron chi connectivity index (χ4n) is 1.89. The Morgan fingerprint density at radius 3 is 2.95 bits per heavy atom. The molecule has 0 radical (unpaired) electrons. The molecule has 0 bridgehead atoms. The van der Waals surface area contributed by atoms with Crippen molar-refractivity contribution in [2.45, 2.75) is 0 Å². The maximum Gasteiger partial charge on any atom is 0.294 e. The van der Waals surface area contributed by atoms with Crippen LogP contribution < -0.4 is 4.74 Å². The van der Waals surface area contributed by atoms with Gasteiger partial charge in [0.2, 0.25) is 4.96 Å². The molecule has 5 nitrogen and oxygen atoms in total. The van der Waals surface area contributed by atoms with E-state index in [1.807, 2.05) is 18.2 Å². The highest BCUT2D eigenvalue weighted by Gasteiger charge is 2.15. The molecule has 0 aliphatic carbocycles. The third-order valence-corrected chi connectivity index (χ3v) is 4.70. The Kier molecular flexibility index (Phi) is 2.30. The largest absolute Gasteiger partial charge is 0.472 e. The van der Waals surface area contributed by atoms with Gasteiger partial charge >= 0.3 is 0 Å². The van der Waals surface area contributed by atoms with Crippen LogP contribution in [0.2, 0.25) is 0 Å². The summed E-state index contributed by atoms with van der Waals surface area (Å²) in [5.74, 6) is 0. The summed E-state index contributed by atoms with van der Waals surface area (Å²) in [7, 11) is 1.61. The van der Waals surface area contributed by atoms with Gasteiger partial charge in [-0.3, -0.25) is 0 Å². The van der Waals surface area contributed by atoms with Crippen molar-refractivity contribution in [2.24, 2.45) is 0 Å². The van der Waals surface area contributed by atoms with Crippen LogP contribution in [0.5, 0.6) is 5.19 Å². The van der Waals surface area contributed by atoms with E-state index in [1.54, 1.807) is 29.2 Å². The van der Waals surface area contributed by atoms with Gasteiger partial charge in [-0.25, -0.2) is 9.97 Å². The first-order valence-electron chi connectivity index (χ1n) is 5.59. The summed E-state index contributed by atoms with van der Waals surface area (Å²) in [5.41, 5.74) is 1.90. The molecule has 94 valence electrons. The number of nitrogens with zero attached hydrogens (tertiary/aromatic N) is 4. The van der Waals surface area contributed by atoms with Crippen LogP contribution in [0.3, 0.4) is 0 Å². The SMILES string of the molecule is COc1nn2c(-c3nc4ccccc4s3)cnc2s1. The van der Waals surface area contributed by atoms with Gasteiger partial charge in [0.1, 0.15) is 10.7 Å². The second-order valence-corrected chi connectivity index (χ2v) is 5.85. The van der Waals surface area contributed by atoms with Gasteiger partial charge in [0.05, 0.1) is 23.5 Å². The van der Waals surface area contributed by atoms with Crippen molar-refractivity contribution in [3.63, 3.8) is 0 Å². The van der Waals surface area contributed by atoms with Crippen LogP contribution in [0.1, 0.15) is 0 Å². The molecule has 1 aromatic carbocycles. The number of rotatable bonds is 2. The highest BCUT2D eigenvalue weighted by Crippen LogP contribution is 2.32. The van der Waals surface area contributed by atoms with E-state index in [-0.39, 0.29) is 0 Å². The summed E-state index contributed by atoms with van der Waals surface area (Å²) in [6.45, 7) is 0. The van der Waals surface area contributed by atoms with E-state index in [0.717, 1.165) is 25.9 Å². The lowest BCUT2D eigenvalue weighted by atomic mass is 10.3. The Balaban J connectivity index is 1.95. The Hall–Kier alpha value is -1.99. The smallest absolute Gasteiger partial charge is 0.294 e. The maximum absolute atomic E-state index is 5.14. The molecule has 19 heavy (non-hydrogen) atoms. The normalized spacial score (nSPS) is 11.4. The monoisotopic (exact) mass is 288 g/mol. The van der Waals surface area contributed by atoms with Crippen LogP contribution in [-0.4, -0.2) is 26.7 Å². The third-order valence-electron chi connectivity index (χ3n) is 2.75. The predicted molar refractivity (Wildman–Crippen MR) is 76.0 cm³/mol. The number of ether oxygens (including phenoxy) is 1. The van der Waals surface area contributed by atoms with Gasteiger partial charge in [-0.2, -0.15) is 4.52 Å². The summed E-state index contributed by atoms with van der Waals surface area (Å²) in [6.07, 6.45) is 1.80. The first-order valence-corrected chi connectivity index (χ1v) is 7.23. The fourth-order valence-corrected chi connectivity index (χ4v) is 3.54. The summed E-state index contributed by atoms with van der Waals surface area (Å²) in [5, 5.41) is 5.88. The molecule has 0 fully saturated rings. The Morgan fingerprint density at radius 2 is 2.11 bits per heavy atom. The van der Waals surface area contributed by atoms with E-state index in [1.165, 1.54) is 11.3 Å². The van der Waals surface area contributed by atoms with Gasteiger partial charge in [-0.05, 0) is 23.5 Å². The second-order valence-electron chi connectivity index (χ2n) is 3.90. The van der Waals surface area contributed by atoms with Gasteiger partial charge in [0.25, 0.3) is 5.19 Å². The van der Waals surface area contributed by atoms with Crippen LogP contribution >= 0.6 is 22.7 Å². The van der Waals surface area contributed by atoms with Crippen LogP contribution in [-0.2, 0) is 0 Å². The van der Waals surface area contributed by atoms with Gasteiger partial charge in [0.15, 0.2) is 0 Å². The van der Waals surface area contributed by atoms with Crippen molar-refractivity contribution < 1.29 is 4.74 Å². The van der Waals surface area contributed by atoms with Crippen molar-refractivity contribution in [1.82, 2.24) is 19.6 Å². The fraction of sp³-hybridized carbons (Fsp3) is 0.0833. The topological polar surface area (TPSA) is 52.3 Å². The van der Waals surface area contributed by atoms with Crippen molar-refractivity contribution in [3.8, 4) is 15.9 Å². The van der Waals surface area contributed by atoms with Gasteiger partial charge in [0, 0.05) is 0 Å². The van der Waals surface area contributed by atoms with Crippen molar-refractivity contribution in [3.05, 3.63) is 30.5 Å². The van der Waals surface area contributed by atoms with E-state index in [4.69, 9.17) is 4.74 Å². The first-order chi connectivity index (χ1) is 9.35. The molecule has 3 heterocycles. The molecule has 0 saturated heterocycles. The molecular formula is C12H8N4OS2. The minimum atomic E-state index is 0.602. The van der Waals surface area contributed by atoms with E-state index in [0.29, 0.717) is 5.19 Å². The average molecular weight is 288 g/mol. The minimum absolute atomic E-state index is 0.602. The molecule has 4 aromatic rings. The highest BCUT2D eigenvalue weighted by molar-refractivity contribution is 7.21. The Labute approximate surface area is 116 Å². The standard InChI is InChI=1S/C12H8N4OS2/c1-17-12-15-16-8(6-13-11(16)19-12)10-14-7-4-2-3-5-9(7)18-10/h2-6H,1H3. The van der Waals surface area contributed by atoms with Gasteiger partial charge < -0.3 is 4.74 Å². The number of imidazole rings is 1. The van der Waals surface area contributed by atoms with E-state index < -0.39 is 0 Å². The molecular weight excluding hydrogens is 280 g/mol. The number of fused-ring (bicyclic) bond motifs is 2. The zero-order valence-electron chi connectivity index (χ0n) is 9.90. The van der Waals surface area contributed by atoms with Gasteiger partial charge in [-0.15, -0.1) is 16.4 Å². The number of hydrogen-bond donors (Lipinski definition) is 0. The van der Waals surface area contributed by atoms with E-state index in [2.05, 4.69) is 21.1 Å². The van der Waals surface area contributed by atoms with Crippen LogP contribution in [0, 0.1) is 0 Å². The van der Waals surface area contributed by atoms with Crippen molar-refractivity contribution in [1.29, 1.82) is 0 Å². The number of benzene rings is 1. The summed E-state index contributed by atoms with van der Waals surface area (Å²) in [6, 6.07) is 8.08. The number of para-hydroxylation sites is 1. The molecule has 4 rings (SSSR count). The summed E-state index contributed by atoms with van der Waals surface area (Å²) < 4.78 is 8.08. The van der Waals surface area contributed by atoms with Gasteiger partial charge in [-0.1, -0.05) is 12.1 Å². The molecule has 0 N–H and O–H groups in total. The zero-order chi connectivity index (χ0) is 12.8. The van der Waals surface area contributed by atoms with Crippen LogP contribution in [0.4, 0.5) is 0 Å². The van der Waals surface area contributed by atoms with E-state index in [9.17, 15) is 0 Å². The summed E-state index contributed by atoms with van der Waals surface area (Å²) >= 11 is 3.05. The number of hydrogen-bond acceptors (Lipinski definition) is 6. The highest BCUT2D eigenvalue weighted by atomic mass is 32.1. The molecule has 0 amide bonds. The lowest BCUT2D eigenvalue weighted by molar-refractivity contribution is 0.406. The number of aromatic nitrogens is 4. The molecule has 0 unspecified atom stereocenters. The van der Waals surface area contributed by atoms with Crippen LogP contribution in [0.15, 0.2) is 30.5 Å². The predicted octanol–water partition coefficient (Wildman–Crippen LogP) is 3.08. The number of methoxy groups -OCH3 is 1. The third kappa shape index (κ3) is 1.62. The lowest BCUT2D eigenvalue weighted by Gasteiger charge is -1.91. The van der Waals surface area contributed by atoms with Crippen molar-refractivity contribution >= 4 is 37.9 Å². The maximum atomic E-state index is 5.14.